The minimum absolute atomic E-state index is 0.360. The zero-order valence-electron chi connectivity index (χ0n) is 11.9. The van der Waals surface area contributed by atoms with E-state index in [1.807, 2.05) is 6.07 Å². The smallest absolute Gasteiger partial charge is 0.134 e. The maximum atomic E-state index is 6.07. The Morgan fingerprint density at radius 3 is 2.21 bits per heavy atom. The van der Waals surface area contributed by atoms with Crippen molar-refractivity contribution >= 4 is 11.6 Å². The van der Waals surface area contributed by atoms with Crippen molar-refractivity contribution in [3.05, 3.63) is 57.6 Å². The molecule has 19 heavy (non-hydrogen) atoms. The standard InChI is InChI=1S/C16H19ClN2/c1-10(2)14-9-15(17)19-16(18-14)8-13-6-11(3)5-12(4)7-13/h5-7,9-10H,8H2,1-4H3. The van der Waals surface area contributed by atoms with E-state index in [-0.39, 0.29) is 0 Å². The van der Waals surface area contributed by atoms with Crippen molar-refractivity contribution in [3.8, 4) is 0 Å². The summed E-state index contributed by atoms with van der Waals surface area (Å²) < 4.78 is 0. The molecule has 0 unspecified atom stereocenters. The maximum absolute atomic E-state index is 6.07. The summed E-state index contributed by atoms with van der Waals surface area (Å²) in [6.07, 6.45) is 0.725. The number of rotatable bonds is 3. The first-order chi connectivity index (χ1) is 8.94. The summed E-state index contributed by atoms with van der Waals surface area (Å²) >= 11 is 6.07. The molecule has 1 heterocycles. The molecule has 0 aliphatic carbocycles. The van der Waals surface area contributed by atoms with Crippen molar-refractivity contribution in [1.29, 1.82) is 0 Å². The molecule has 2 nitrogen and oxygen atoms in total. The van der Waals surface area contributed by atoms with Gasteiger partial charge in [0.25, 0.3) is 0 Å². The van der Waals surface area contributed by atoms with Crippen LogP contribution in [0.15, 0.2) is 24.3 Å². The Morgan fingerprint density at radius 2 is 1.63 bits per heavy atom. The van der Waals surface area contributed by atoms with E-state index in [9.17, 15) is 0 Å². The molecule has 0 aliphatic heterocycles. The number of hydrogen-bond acceptors (Lipinski definition) is 2. The number of aromatic nitrogens is 2. The monoisotopic (exact) mass is 274 g/mol. The van der Waals surface area contributed by atoms with Crippen LogP contribution in [0.3, 0.4) is 0 Å². The molecule has 0 amide bonds. The first-order valence-corrected chi connectivity index (χ1v) is 6.92. The number of aryl methyl sites for hydroxylation is 2. The Labute approximate surface area is 119 Å². The van der Waals surface area contributed by atoms with Crippen LogP contribution in [0.4, 0.5) is 0 Å². The van der Waals surface area contributed by atoms with E-state index >= 15 is 0 Å². The van der Waals surface area contributed by atoms with Gasteiger partial charge in [0.2, 0.25) is 0 Å². The Balaban J connectivity index is 2.32. The molecule has 0 saturated carbocycles. The minimum Gasteiger partial charge on any atom is -0.237 e. The fourth-order valence-corrected chi connectivity index (χ4v) is 2.42. The van der Waals surface area contributed by atoms with Gasteiger partial charge in [0.05, 0.1) is 0 Å². The first kappa shape index (κ1) is 14.0. The van der Waals surface area contributed by atoms with Crippen LogP contribution >= 0.6 is 11.6 Å². The molecule has 100 valence electrons. The van der Waals surface area contributed by atoms with Crippen LogP contribution in [-0.2, 0) is 6.42 Å². The van der Waals surface area contributed by atoms with Gasteiger partial charge >= 0.3 is 0 Å². The largest absolute Gasteiger partial charge is 0.237 e. The summed E-state index contributed by atoms with van der Waals surface area (Å²) in [4.78, 5) is 8.92. The average molecular weight is 275 g/mol. The molecule has 0 spiro atoms. The molecule has 0 saturated heterocycles. The number of benzene rings is 1. The molecule has 1 aromatic heterocycles. The minimum atomic E-state index is 0.360. The van der Waals surface area contributed by atoms with Gasteiger partial charge < -0.3 is 0 Å². The third-order valence-corrected chi connectivity index (χ3v) is 3.19. The van der Waals surface area contributed by atoms with Gasteiger partial charge in [0, 0.05) is 12.1 Å². The van der Waals surface area contributed by atoms with E-state index in [1.165, 1.54) is 16.7 Å². The van der Waals surface area contributed by atoms with E-state index in [4.69, 9.17) is 11.6 Å². The van der Waals surface area contributed by atoms with Crippen LogP contribution in [0, 0.1) is 13.8 Å². The highest BCUT2D eigenvalue weighted by molar-refractivity contribution is 6.29. The highest BCUT2D eigenvalue weighted by Crippen LogP contribution is 2.18. The van der Waals surface area contributed by atoms with Crippen LogP contribution in [0.25, 0.3) is 0 Å². The van der Waals surface area contributed by atoms with E-state index in [1.54, 1.807) is 0 Å². The van der Waals surface area contributed by atoms with Crippen molar-refractivity contribution in [3.63, 3.8) is 0 Å². The summed E-state index contributed by atoms with van der Waals surface area (Å²) in [6.45, 7) is 8.43. The van der Waals surface area contributed by atoms with Gasteiger partial charge in [-0.05, 0) is 31.4 Å². The lowest BCUT2D eigenvalue weighted by Gasteiger charge is -2.09. The van der Waals surface area contributed by atoms with Crippen molar-refractivity contribution in [2.75, 3.05) is 0 Å². The summed E-state index contributed by atoms with van der Waals surface area (Å²) in [6, 6.07) is 8.36. The quantitative estimate of drug-likeness (QED) is 0.772. The maximum Gasteiger partial charge on any atom is 0.134 e. The van der Waals surface area contributed by atoms with Crippen molar-refractivity contribution in [2.24, 2.45) is 0 Å². The van der Waals surface area contributed by atoms with Crippen LogP contribution in [0.2, 0.25) is 5.15 Å². The second-order valence-corrected chi connectivity index (χ2v) is 5.75. The lowest BCUT2D eigenvalue weighted by Crippen LogP contribution is -2.02. The molecule has 0 fully saturated rings. The number of halogens is 1. The summed E-state index contributed by atoms with van der Waals surface area (Å²) in [5.41, 5.74) is 4.76. The molecule has 1 aromatic carbocycles. The molecule has 3 heteroatoms. The van der Waals surface area contributed by atoms with Gasteiger partial charge in [-0.3, -0.25) is 0 Å². The molecule has 2 rings (SSSR count). The Bertz CT molecular complexity index is 571. The second-order valence-electron chi connectivity index (χ2n) is 5.36. The van der Waals surface area contributed by atoms with Gasteiger partial charge in [-0.2, -0.15) is 0 Å². The molecule has 0 aliphatic rings. The predicted octanol–water partition coefficient (Wildman–Crippen LogP) is 4.46. The van der Waals surface area contributed by atoms with E-state index in [2.05, 4.69) is 55.9 Å². The Kier molecular flexibility index (Phi) is 4.20. The molecule has 0 radical (unpaired) electrons. The Morgan fingerprint density at radius 1 is 1.00 bits per heavy atom. The summed E-state index contributed by atoms with van der Waals surface area (Å²) in [7, 11) is 0. The zero-order chi connectivity index (χ0) is 14.0. The number of hydrogen-bond donors (Lipinski definition) is 0. The Hall–Kier alpha value is -1.41. The van der Waals surface area contributed by atoms with Crippen LogP contribution < -0.4 is 0 Å². The summed E-state index contributed by atoms with van der Waals surface area (Å²) in [5, 5.41) is 0.526. The topological polar surface area (TPSA) is 25.8 Å². The third kappa shape index (κ3) is 3.77. The van der Waals surface area contributed by atoms with Crippen molar-refractivity contribution in [2.45, 2.75) is 40.0 Å². The van der Waals surface area contributed by atoms with Crippen molar-refractivity contribution in [1.82, 2.24) is 9.97 Å². The van der Waals surface area contributed by atoms with E-state index in [0.29, 0.717) is 11.1 Å². The van der Waals surface area contributed by atoms with Gasteiger partial charge in [0.1, 0.15) is 11.0 Å². The van der Waals surface area contributed by atoms with Crippen molar-refractivity contribution < 1.29 is 0 Å². The van der Waals surface area contributed by atoms with Gasteiger partial charge in [-0.15, -0.1) is 0 Å². The lowest BCUT2D eigenvalue weighted by atomic mass is 10.0. The highest BCUT2D eigenvalue weighted by atomic mass is 35.5. The SMILES string of the molecule is Cc1cc(C)cc(Cc2nc(Cl)cc(C(C)C)n2)c1. The van der Waals surface area contributed by atoms with E-state index in [0.717, 1.165) is 17.9 Å². The zero-order valence-corrected chi connectivity index (χ0v) is 12.6. The fourth-order valence-electron chi connectivity index (χ4n) is 2.21. The third-order valence-electron chi connectivity index (χ3n) is 3.00. The molecular formula is C16H19ClN2. The highest BCUT2D eigenvalue weighted by Gasteiger charge is 2.08. The molecule has 0 N–H and O–H groups in total. The molecule has 2 aromatic rings. The molecular weight excluding hydrogens is 256 g/mol. The van der Waals surface area contributed by atoms with E-state index < -0.39 is 0 Å². The molecule has 0 atom stereocenters. The van der Waals surface area contributed by atoms with Gasteiger partial charge in [-0.25, -0.2) is 9.97 Å². The first-order valence-electron chi connectivity index (χ1n) is 6.54. The normalized spacial score (nSPS) is 11.1. The van der Waals surface area contributed by atoms with Gasteiger partial charge in [-0.1, -0.05) is 54.8 Å². The second kappa shape index (κ2) is 5.70. The number of nitrogens with zero attached hydrogens (tertiary/aromatic N) is 2. The molecule has 0 bridgehead atoms. The van der Waals surface area contributed by atoms with Gasteiger partial charge in [0.15, 0.2) is 0 Å². The van der Waals surface area contributed by atoms with Crippen LogP contribution in [-0.4, -0.2) is 9.97 Å². The van der Waals surface area contributed by atoms with Crippen LogP contribution in [0.5, 0.6) is 0 Å². The average Bonchev–Trinajstić information content (AvgIpc) is 2.26. The van der Waals surface area contributed by atoms with Crippen LogP contribution in [0.1, 0.15) is 48.0 Å². The predicted molar refractivity (Wildman–Crippen MR) is 79.9 cm³/mol. The lowest BCUT2D eigenvalue weighted by molar-refractivity contribution is 0.791. The summed E-state index contributed by atoms with van der Waals surface area (Å²) in [5.74, 6) is 1.15. The fraction of sp³-hybridized carbons (Fsp3) is 0.375.